The number of hydrogen-bond donors (Lipinski definition) is 0. The van der Waals surface area contributed by atoms with E-state index >= 15 is 0 Å². The van der Waals surface area contributed by atoms with Crippen LogP contribution in [0.2, 0.25) is 0 Å². The van der Waals surface area contributed by atoms with Crippen molar-refractivity contribution in [1.82, 2.24) is 30.0 Å². The minimum Gasteiger partial charge on any atom is -0.487 e. The third-order valence-corrected chi connectivity index (χ3v) is 4.21. The molecule has 0 bridgehead atoms. The van der Waals surface area contributed by atoms with Crippen LogP contribution >= 0.6 is 0 Å². The van der Waals surface area contributed by atoms with Crippen LogP contribution in [0, 0.1) is 0 Å². The lowest BCUT2D eigenvalue weighted by atomic mass is 10.3. The van der Waals surface area contributed by atoms with Crippen molar-refractivity contribution in [2.75, 3.05) is 0 Å². The molecule has 0 unspecified atom stereocenters. The fourth-order valence-corrected chi connectivity index (χ4v) is 2.77. The molecule has 8 nitrogen and oxygen atoms in total. The molecule has 0 aliphatic rings. The van der Waals surface area contributed by atoms with Gasteiger partial charge in [-0.05, 0) is 30.7 Å². The summed E-state index contributed by atoms with van der Waals surface area (Å²) in [6.07, 6.45) is 4.68. The van der Waals surface area contributed by atoms with Crippen molar-refractivity contribution < 1.29 is 9.47 Å². The summed E-state index contributed by atoms with van der Waals surface area (Å²) in [5.74, 6) is 1.64. The molecule has 0 aliphatic carbocycles. The van der Waals surface area contributed by atoms with Gasteiger partial charge in [0.15, 0.2) is 0 Å². The second-order valence-electron chi connectivity index (χ2n) is 6.50. The number of para-hydroxylation sites is 2. The highest BCUT2D eigenvalue weighted by molar-refractivity contribution is 5.21. The van der Waals surface area contributed by atoms with Crippen molar-refractivity contribution >= 4 is 0 Å². The molecule has 2 aromatic carbocycles. The number of hydrogen-bond acceptors (Lipinski definition) is 6. The van der Waals surface area contributed by atoms with Crippen molar-refractivity contribution in [1.29, 1.82) is 0 Å². The zero-order valence-electron chi connectivity index (χ0n) is 16.0. The first-order valence-electron chi connectivity index (χ1n) is 9.49. The van der Waals surface area contributed by atoms with Gasteiger partial charge in [-0.2, -0.15) is 0 Å². The Kier molecular flexibility index (Phi) is 6.11. The average Bonchev–Trinajstić information content (AvgIpc) is 3.42. The van der Waals surface area contributed by atoms with E-state index in [4.69, 9.17) is 9.47 Å². The third-order valence-electron chi connectivity index (χ3n) is 4.21. The standard InChI is InChI=1S/C21H22N6O2/c1-3-8-20(9-4-1)28-16-18-14-26(24-22-18)12-7-13-27-15-19(23-25-27)17-29-21-10-5-2-6-11-21/h1-6,8-11,14-15H,7,12-13,16-17H2. The minimum atomic E-state index is 0.401. The Bertz CT molecular complexity index is 918. The van der Waals surface area contributed by atoms with E-state index in [1.165, 1.54) is 0 Å². The molecule has 8 heteroatoms. The number of aromatic nitrogens is 6. The van der Waals surface area contributed by atoms with Crippen LogP contribution in [0.4, 0.5) is 0 Å². The number of benzene rings is 2. The van der Waals surface area contributed by atoms with Crippen LogP contribution in [-0.4, -0.2) is 30.0 Å². The second-order valence-corrected chi connectivity index (χ2v) is 6.50. The molecular weight excluding hydrogens is 368 g/mol. The highest BCUT2D eigenvalue weighted by Crippen LogP contribution is 2.11. The van der Waals surface area contributed by atoms with Crippen LogP contribution in [0.1, 0.15) is 17.8 Å². The molecule has 0 N–H and O–H groups in total. The first-order chi connectivity index (χ1) is 14.3. The summed E-state index contributed by atoms with van der Waals surface area (Å²) in [6.45, 7) is 2.29. The Balaban J connectivity index is 1.19. The van der Waals surface area contributed by atoms with Gasteiger partial charge in [-0.1, -0.05) is 46.8 Å². The normalized spacial score (nSPS) is 10.8. The molecule has 29 heavy (non-hydrogen) atoms. The second kappa shape index (κ2) is 9.50. The Morgan fingerprint density at radius 2 is 1.07 bits per heavy atom. The van der Waals surface area contributed by atoms with E-state index < -0.39 is 0 Å². The van der Waals surface area contributed by atoms with Crippen LogP contribution in [0.5, 0.6) is 11.5 Å². The van der Waals surface area contributed by atoms with Crippen LogP contribution in [0.25, 0.3) is 0 Å². The van der Waals surface area contributed by atoms with E-state index in [9.17, 15) is 0 Å². The largest absolute Gasteiger partial charge is 0.487 e. The van der Waals surface area contributed by atoms with Crippen molar-refractivity contribution in [2.45, 2.75) is 32.7 Å². The van der Waals surface area contributed by atoms with E-state index in [-0.39, 0.29) is 0 Å². The summed E-state index contributed by atoms with van der Waals surface area (Å²) in [5.41, 5.74) is 1.60. The van der Waals surface area contributed by atoms with Gasteiger partial charge in [-0.3, -0.25) is 9.36 Å². The van der Waals surface area contributed by atoms with Gasteiger partial charge in [0.25, 0.3) is 0 Å². The van der Waals surface area contributed by atoms with Crippen molar-refractivity contribution in [2.24, 2.45) is 0 Å². The molecule has 0 amide bonds. The molecular formula is C21H22N6O2. The summed E-state index contributed by atoms with van der Waals surface area (Å²) >= 11 is 0. The zero-order valence-corrected chi connectivity index (χ0v) is 16.0. The number of ether oxygens (including phenoxy) is 2. The van der Waals surface area contributed by atoms with Crippen molar-refractivity contribution in [3.05, 3.63) is 84.4 Å². The summed E-state index contributed by atoms with van der Waals surface area (Å²) in [4.78, 5) is 0. The number of aryl methyl sites for hydroxylation is 2. The molecule has 4 aromatic rings. The molecule has 4 rings (SSSR count). The van der Waals surface area contributed by atoms with Crippen molar-refractivity contribution in [3.8, 4) is 11.5 Å². The van der Waals surface area contributed by atoms with Gasteiger partial charge < -0.3 is 9.47 Å². The van der Waals surface area contributed by atoms with E-state index in [1.807, 2.05) is 82.4 Å². The first-order valence-corrected chi connectivity index (χ1v) is 9.49. The van der Waals surface area contributed by atoms with Crippen LogP contribution in [0.3, 0.4) is 0 Å². The summed E-state index contributed by atoms with van der Waals surface area (Å²) in [6, 6.07) is 19.3. The van der Waals surface area contributed by atoms with Crippen LogP contribution in [-0.2, 0) is 26.3 Å². The third kappa shape index (κ3) is 5.65. The quantitative estimate of drug-likeness (QED) is 0.414. The first kappa shape index (κ1) is 18.7. The monoisotopic (exact) mass is 390 g/mol. The van der Waals surface area contributed by atoms with Gasteiger partial charge in [0.1, 0.15) is 36.1 Å². The lowest BCUT2D eigenvalue weighted by Gasteiger charge is -2.03. The molecule has 2 heterocycles. The summed E-state index contributed by atoms with van der Waals surface area (Å²) < 4.78 is 15.0. The van der Waals surface area contributed by atoms with Gasteiger partial charge in [0.2, 0.25) is 0 Å². The Labute approximate surface area is 168 Å². The molecule has 0 radical (unpaired) electrons. The molecule has 0 atom stereocenters. The molecule has 0 fully saturated rings. The maximum Gasteiger partial charge on any atom is 0.134 e. The Morgan fingerprint density at radius 1 is 0.621 bits per heavy atom. The highest BCUT2D eigenvalue weighted by atomic mass is 16.5. The van der Waals surface area contributed by atoms with E-state index in [2.05, 4.69) is 20.6 Å². The van der Waals surface area contributed by atoms with E-state index in [1.54, 1.807) is 0 Å². The average molecular weight is 390 g/mol. The van der Waals surface area contributed by atoms with Crippen LogP contribution in [0.15, 0.2) is 73.1 Å². The Morgan fingerprint density at radius 3 is 1.52 bits per heavy atom. The van der Waals surface area contributed by atoms with Crippen molar-refractivity contribution in [3.63, 3.8) is 0 Å². The van der Waals surface area contributed by atoms with Crippen LogP contribution < -0.4 is 9.47 Å². The topological polar surface area (TPSA) is 79.9 Å². The van der Waals surface area contributed by atoms with E-state index in [0.717, 1.165) is 42.4 Å². The number of rotatable bonds is 10. The predicted molar refractivity (Wildman–Crippen MR) is 106 cm³/mol. The molecule has 148 valence electrons. The Hall–Kier alpha value is -3.68. The molecule has 0 spiro atoms. The maximum absolute atomic E-state index is 5.69. The SMILES string of the molecule is c1ccc(OCc2cn(CCCn3cc(COc4ccccc4)nn3)nn2)cc1. The van der Waals surface area contributed by atoms with Gasteiger partial charge >= 0.3 is 0 Å². The smallest absolute Gasteiger partial charge is 0.134 e. The van der Waals surface area contributed by atoms with E-state index in [0.29, 0.717) is 13.2 Å². The lowest BCUT2D eigenvalue weighted by molar-refractivity contribution is 0.301. The lowest BCUT2D eigenvalue weighted by Crippen LogP contribution is -2.05. The fraction of sp³-hybridized carbons (Fsp3) is 0.238. The molecule has 0 saturated heterocycles. The highest BCUT2D eigenvalue weighted by Gasteiger charge is 2.04. The number of nitrogens with zero attached hydrogens (tertiary/aromatic N) is 6. The fourth-order valence-electron chi connectivity index (χ4n) is 2.77. The predicted octanol–water partition coefficient (Wildman–Crippen LogP) is 3.12. The molecule has 2 aromatic heterocycles. The van der Waals surface area contributed by atoms with Gasteiger partial charge in [-0.15, -0.1) is 10.2 Å². The zero-order chi connectivity index (χ0) is 19.7. The molecule has 0 saturated carbocycles. The summed E-state index contributed by atoms with van der Waals surface area (Å²) in [7, 11) is 0. The van der Waals surface area contributed by atoms with Gasteiger partial charge in [0.05, 0.1) is 12.4 Å². The maximum atomic E-state index is 5.69. The minimum absolute atomic E-state index is 0.401. The molecule has 0 aliphatic heterocycles. The van der Waals surface area contributed by atoms with Gasteiger partial charge in [-0.25, -0.2) is 0 Å². The van der Waals surface area contributed by atoms with Gasteiger partial charge in [0, 0.05) is 13.1 Å². The summed E-state index contributed by atoms with van der Waals surface area (Å²) in [5, 5.41) is 16.6.